The van der Waals surface area contributed by atoms with Gasteiger partial charge in [-0.2, -0.15) is 13.2 Å². The predicted octanol–water partition coefficient (Wildman–Crippen LogP) is 1.79. The molecule has 1 heterocycles. The Kier molecular flexibility index (Phi) is 3.76. The molecule has 0 aliphatic heterocycles. The fourth-order valence-corrected chi connectivity index (χ4v) is 2.17. The minimum Gasteiger partial charge on any atom is -0.399 e. The van der Waals surface area contributed by atoms with Crippen LogP contribution >= 0.6 is 0 Å². The summed E-state index contributed by atoms with van der Waals surface area (Å²) in [6, 6.07) is 4.84. The number of aromatic amines is 1. The molecular weight excluding hydrogens is 283 g/mol. The van der Waals surface area contributed by atoms with E-state index in [1.807, 2.05) is 0 Å². The summed E-state index contributed by atoms with van der Waals surface area (Å²) in [6.45, 7) is -1.44. The maximum Gasteiger partial charge on any atom is 0.411 e. The topological polar surface area (TPSA) is 81.0 Å². The zero-order valence-electron chi connectivity index (χ0n) is 9.53. The average molecular weight is 293 g/mol. The van der Waals surface area contributed by atoms with Crippen molar-refractivity contribution in [2.75, 3.05) is 18.3 Å². The van der Waals surface area contributed by atoms with Gasteiger partial charge < -0.3 is 15.5 Å². The van der Waals surface area contributed by atoms with E-state index in [-0.39, 0.29) is 5.16 Å². The summed E-state index contributed by atoms with van der Waals surface area (Å²) in [4.78, 5) is 6.73. The van der Waals surface area contributed by atoms with Crippen LogP contribution in [0, 0.1) is 0 Å². The van der Waals surface area contributed by atoms with E-state index in [1.165, 1.54) is 0 Å². The summed E-state index contributed by atoms with van der Waals surface area (Å²) >= 11 is 0. The third-order valence-electron chi connectivity index (χ3n) is 2.16. The molecule has 1 unspecified atom stereocenters. The first-order valence-electron chi connectivity index (χ1n) is 5.13. The molecule has 0 spiro atoms. The Morgan fingerprint density at radius 1 is 1.42 bits per heavy atom. The number of nitrogens with zero attached hydrogens (tertiary/aromatic N) is 1. The predicted molar refractivity (Wildman–Crippen MR) is 63.8 cm³/mol. The van der Waals surface area contributed by atoms with Gasteiger partial charge in [-0.05, 0) is 18.2 Å². The van der Waals surface area contributed by atoms with E-state index in [0.29, 0.717) is 16.7 Å². The second-order valence-electron chi connectivity index (χ2n) is 3.75. The molecule has 2 aromatic rings. The molecule has 5 nitrogen and oxygen atoms in total. The third kappa shape index (κ3) is 3.67. The van der Waals surface area contributed by atoms with E-state index in [0.717, 1.165) is 0 Å². The molecule has 0 aliphatic rings. The van der Waals surface area contributed by atoms with Crippen LogP contribution in [0.15, 0.2) is 23.4 Å². The quantitative estimate of drug-likeness (QED) is 0.842. The maximum absolute atomic E-state index is 11.9. The number of nitrogens with one attached hydrogen (secondary N) is 1. The number of ether oxygens (including phenoxy) is 1. The summed E-state index contributed by atoms with van der Waals surface area (Å²) in [7, 11) is -1.79. The number of anilines is 1. The second kappa shape index (κ2) is 5.17. The fraction of sp³-hybridized carbons (Fsp3) is 0.300. The Hall–Kier alpha value is -1.61. The van der Waals surface area contributed by atoms with Crippen molar-refractivity contribution in [3.8, 4) is 0 Å². The number of nitrogens with two attached hydrogens (primary N) is 1. The number of fused-ring (bicyclic) bond motifs is 1. The van der Waals surface area contributed by atoms with Crippen LogP contribution in [0.1, 0.15) is 0 Å². The highest BCUT2D eigenvalue weighted by Gasteiger charge is 2.28. The summed E-state index contributed by atoms with van der Waals surface area (Å²) in [5.74, 6) is -0.575. The first-order chi connectivity index (χ1) is 8.85. The second-order valence-corrected chi connectivity index (χ2v) is 5.06. The Labute approximate surface area is 108 Å². The highest BCUT2D eigenvalue weighted by Crippen LogP contribution is 2.18. The molecule has 19 heavy (non-hydrogen) atoms. The number of halogens is 3. The molecular formula is C10H10F3N3O2S. The molecule has 104 valence electrons. The van der Waals surface area contributed by atoms with E-state index >= 15 is 0 Å². The first kappa shape index (κ1) is 13.8. The summed E-state index contributed by atoms with van der Waals surface area (Å²) in [6.07, 6.45) is -4.44. The standard InChI is InChI=1S/C10H10F3N3O2S/c11-10(12,13)4-18-5-19(17)9-15-7-2-1-6(14)3-8(7)16-9/h1-3H,4-5,14H2,(H,15,16). The fourth-order valence-electron chi connectivity index (χ4n) is 1.40. The lowest BCUT2D eigenvalue weighted by Gasteiger charge is -2.05. The number of hydrogen-bond acceptors (Lipinski definition) is 4. The third-order valence-corrected chi connectivity index (χ3v) is 3.16. The van der Waals surface area contributed by atoms with Crippen LogP contribution in [0.3, 0.4) is 0 Å². The summed E-state index contributed by atoms with van der Waals surface area (Å²) in [5.41, 5.74) is 7.17. The summed E-state index contributed by atoms with van der Waals surface area (Å²) < 4.78 is 51.6. The van der Waals surface area contributed by atoms with Crippen LogP contribution in [-0.4, -0.2) is 32.9 Å². The summed E-state index contributed by atoms with van der Waals surface area (Å²) in [5, 5.41) is 0.0581. The number of hydrogen-bond donors (Lipinski definition) is 2. The number of H-pyrrole nitrogens is 1. The number of benzene rings is 1. The average Bonchev–Trinajstić information content (AvgIpc) is 2.70. The van der Waals surface area contributed by atoms with Crippen LogP contribution in [-0.2, 0) is 15.5 Å². The van der Waals surface area contributed by atoms with Gasteiger partial charge in [-0.15, -0.1) is 0 Å². The SMILES string of the molecule is Nc1ccc2nc(S(=O)COCC(F)(F)F)[nH]c2c1. The van der Waals surface area contributed by atoms with E-state index < -0.39 is 29.5 Å². The maximum atomic E-state index is 11.9. The number of rotatable bonds is 4. The zero-order chi connectivity index (χ0) is 14.0. The van der Waals surface area contributed by atoms with Gasteiger partial charge in [0.2, 0.25) is 0 Å². The molecule has 1 aromatic heterocycles. The van der Waals surface area contributed by atoms with E-state index in [1.54, 1.807) is 18.2 Å². The van der Waals surface area contributed by atoms with Crippen LogP contribution in [0.2, 0.25) is 0 Å². The minimum absolute atomic E-state index is 0.0581. The molecule has 0 bridgehead atoms. The van der Waals surface area contributed by atoms with Crippen LogP contribution in [0.25, 0.3) is 11.0 Å². The molecule has 0 radical (unpaired) electrons. The molecule has 0 saturated carbocycles. The van der Waals surface area contributed by atoms with E-state index in [9.17, 15) is 17.4 Å². The van der Waals surface area contributed by atoms with Gasteiger partial charge in [0.05, 0.1) is 11.0 Å². The van der Waals surface area contributed by atoms with Gasteiger partial charge in [0, 0.05) is 5.69 Å². The van der Waals surface area contributed by atoms with Crippen molar-refractivity contribution in [2.24, 2.45) is 0 Å². The Balaban J connectivity index is 2.05. The minimum atomic E-state index is -4.44. The number of alkyl halides is 3. The Morgan fingerprint density at radius 2 is 2.16 bits per heavy atom. The number of aromatic nitrogens is 2. The van der Waals surface area contributed by atoms with Crippen LogP contribution < -0.4 is 5.73 Å². The van der Waals surface area contributed by atoms with Crippen LogP contribution in [0.5, 0.6) is 0 Å². The lowest BCUT2D eigenvalue weighted by Crippen LogP contribution is -2.19. The van der Waals surface area contributed by atoms with E-state index in [4.69, 9.17) is 5.73 Å². The van der Waals surface area contributed by atoms with Crippen molar-refractivity contribution in [1.82, 2.24) is 9.97 Å². The van der Waals surface area contributed by atoms with Crippen molar-refractivity contribution >= 4 is 27.5 Å². The highest BCUT2D eigenvalue weighted by molar-refractivity contribution is 7.84. The van der Waals surface area contributed by atoms with Crippen molar-refractivity contribution in [2.45, 2.75) is 11.3 Å². The lowest BCUT2D eigenvalue weighted by molar-refractivity contribution is -0.169. The van der Waals surface area contributed by atoms with Gasteiger partial charge in [0.1, 0.15) is 23.3 Å². The van der Waals surface area contributed by atoms with Crippen LogP contribution in [0.4, 0.5) is 18.9 Å². The van der Waals surface area contributed by atoms with Gasteiger partial charge in [0.25, 0.3) is 0 Å². The van der Waals surface area contributed by atoms with E-state index in [2.05, 4.69) is 14.7 Å². The highest BCUT2D eigenvalue weighted by atomic mass is 32.2. The van der Waals surface area contributed by atoms with Gasteiger partial charge in [-0.3, -0.25) is 0 Å². The lowest BCUT2D eigenvalue weighted by atomic mass is 10.3. The normalized spacial score (nSPS) is 13.8. The van der Waals surface area contributed by atoms with Crippen molar-refractivity contribution in [3.63, 3.8) is 0 Å². The molecule has 0 amide bonds. The van der Waals surface area contributed by atoms with Gasteiger partial charge in [-0.1, -0.05) is 0 Å². The number of imidazole rings is 1. The van der Waals surface area contributed by atoms with Gasteiger partial charge >= 0.3 is 6.18 Å². The molecule has 3 N–H and O–H groups in total. The molecule has 2 rings (SSSR count). The van der Waals surface area contributed by atoms with Crippen molar-refractivity contribution in [1.29, 1.82) is 0 Å². The van der Waals surface area contributed by atoms with Crippen molar-refractivity contribution in [3.05, 3.63) is 18.2 Å². The molecule has 0 aliphatic carbocycles. The van der Waals surface area contributed by atoms with Gasteiger partial charge in [-0.25, -0.2) is 9.19 Å². The molecule has 1 atom stereocenters. The van der Waals surface area contributed by atoms with Gasteiger partial charge in [0.15, 0.2) is 5.16 Å². The Morgan fingerprint density at radius 3 is 2.84 bits per heavy atom. The molecule has 9 heteroatoms. The monoisotopic (exact) mass is 293 g/mol. The zero-order valence-corrected chi connectivity index (χ0v) is 10.3. The molecule has 0 fully saturated rings. The Bertz CT molecular complexity index is 612. The largest absolute Gasteiger partial charge is 0.411 e. The smallest absolute Gasteiger partial charge is 0.399 e. The van der Waals surface area contributed by atoms with Crippen molar-refractivity contribution < 1.29 is 22.1 Å². The number of nitrogen functional groups attached to an aromatic ring is 1. The molecule has 1 aromatic carbocycles. The molecule has 0 saturated heterocycles. The first-order valence-corrected chi connectivity index (χ1v) is 6.45.